The first kappa shape index (κ1) is 18.0. The van der Waals surface area contributed by atoms with E-state index in [2.05, 4.69) is 46.4 Å². The van der Waals surface area contributed by atoms with Gasteiger partial charge in [0.15, 0.2) is 0 Å². The monoisotopic (exact) mass is 326 g/mol. The minimum absolute atomic E-state index is 0.449. The van der Waals surface area contributed by atoms with Gasteiger partial charge in [-0.1, -0.05) is 69.1 Å². The molecule has 0 radical (unpaired) electrons. The van der Waals surface area contributed by atoms with Crippen molar-refractivity contribution in [3.8, 4) is 0 Å². The van der Waals surface area contributed by atoms with Crippen LogP contribution in [0.5, 0.6) is 0 Å². The van der Waals surface area contributed by atoms with Gasteiger partial charge in [-0.3, -0.25) is 0 Å². The lowest BCUT2D eigenvalue weighted by Crippen LogP contribution is -2.46. The molecular weight excluding hydrogens is 288 g/mol. The van der Waals surface area contributed by atoms with Crippen LogP contribution in [0, 0.1) is 29.1 Å². The highest BCUT2D eigenvalue weighted by atomic mass is 14.5. The first-order valence-corrected chi connectivity index (χ1v) is 10.6. The van der Waals surface area contributed by atoms with Crippen LogP contribution in [-0.2, 0) is 0 Å². The first-order chi connectivity index (χ1) is 11.5. The van der Waals surface area contributed by atoms with E-state index in [0.717, 1.165) is 23.7 Å². The van der Waals surface area contributed by atoms with Crippen LogP contribution >= 0.6 is 0 Å². The van der Waals surface area contributed by atoms with Gasteiger partial charge >= 0.3 is 0 Å². The predicted molar refractivity (Wildman–Crippen MR) is 106 cm³/mol. The van der Waals surface area contributed by atoms with Crippen molar-refractivity contribution in [2.45, 2.75) is 85.5 Å². The van der Waals surface area contributed by atoms with Crippen molar-refractivity contribution in [1.82, 2.24) is 0 Å². The molecule has 0 spiro atoms. The van der Waals surface area contributed by atoms with E-state index in [-0.39, 0.29) is 0 Å². The summed E-state index contributed by atoms with van der Waals surface area (Å²) in [5, 5.41) is 0. The third kappa shape index (κ3) is 3.06. The molecule has 0 nitrogen and oxygen atoms in total. The highest BCUT2D eigenvalue weighted by molar-refractivity contribution is 5.30. The number of fused-ring (bicyclic) bond motifs is 3. The van der Waals surface area contributed by atoms with Gasteiger partial charge in [0.05, 0.1) is 0 Å². The molecule has 5 atom stereocenters. The quantitative estimate of drug-likeness (QED) is 0.470. The van der Waals surface area contributed by atoms with Crippen LogP contribution in [0.4, 0.5) is 0 Å². The van der Waals surface area contributed by atoms with Gasteiger partial charge in [0, 0.05) is 0 Å². The zero-order valence-corrected chi connectivity index (χ0v) is 16.5. The predicted octanol–water partition coefficient (Wildman–Crippen LogP) is 7.48. The minimum atomic E-state index is 0.449. The zero-order valence-electron chi connectivity index (χ0n) is 16.5. The molecule has 0 aromatic carbocycles. The molecule has 0 saturated heterocycles. The molecule has 134 valence electrons. The molecule has 3 aliphatic rings. The third-order valence-corrected chi connectivity index (χ3v) is 7.89. The Balaban J connectivity index is 1.85. The second-order valence-electron chi connectivity index (χ2n) is 9.04. The molecule has 3 rings (SSSR count). The summed E-state index contributed by atoms with van der Waals surface area (Å²) in [4.78, 5) is 0. The Kier molecular flexibility index (Phi) is 5.42. The van der Waals surface area contributed by atoms with Crippen molar-refractivity contribution < 1.29 is 0 Å². The fourth-order valence-electron chi connectivity index (χ4n) is 6.44. The maximum atomic E-state index is 4.23. The van der Waals surface area contributed by atoms with Crippen molar-refractivity contribution in [2.75, 3.05) is 0 Å². The SMILES string of the molecule is C=C1C=C2CCC3C(CCC(C)(/C(C)=C\CCC)C3CC)C2CC1. The standard InChI is InChI=1S/C24H38/c1-6-8-9-18(4)24(5)15-14-21-20-12-10-17(3)16-19(20)11-13-22(21)23(24)7-2/h9,16,20-23H,3,6-8,10-15H2,1-2,4-5H3/b18-9-. The van der Waals surface area contributed by atoms with Crippen LogP contribution < -0.4 is 0 Å². The van der Waals surface area contributed by atoms with Crippen molar-refractivity contribution in [1.29, 1.82) is 0 Å². The Labute approximate surface area is 150 Å². The van der Waals surface area contributed by atoms with Crippen LogP contribution in [-0.4, -0.2) is 0 Å². The topological polar surface area (TPSA) is 0 Å². The lowest BCUT2D eigenvalue weighted by molar-refractivity contribution is -0.00290. The summed E-state index contributed by atoms with van der Waals surface area (Å²) < 4.78 is 0. The summed E-state index contributed by atoms with van der Waals surface area (Å²) in [5.74, 6) is 3.67. The van der Waals surface area contributed by atoms with Crippen molar-refractivity contribution >= 4 is 0 Å². The van der Waals surface area contributed by atoms with E-state index in [1.807, 2.05) is 0 Å². The van der Waals surface area contributed by atoms with E-state index in [9.17, 15) is 0 Å². The van der Waals surface area contributed by atoms with Crippen molar-refractivity contribution in [3.05, 3.63) is 35.5 Å². The van der Waals surface area contributed by atoms with Crippen molar-refractivity contribution in [3.63, 3.8) is 0 Å². The average Bonchev–Trinajstić information content (AvgIpc) is 2.58. The maximum absolute atomic E-state index is 4.23. The summed E-state index contributed by atoms with van der Waals surface area (Å²) in [5.41, 5.74) is 5.27. The Bertz CT molecular complexity index is 534. The fourth-order valence-corrected chi connectivity index (χ4v) is 6.44. The Morgan fingerprint density at radius 2 is 2.00 bits per heavy atom. The summed E-state index contributed by atoms with van der Waals surface area (Å²) in [6.07, 6.45) is 17.1. The Morgan fingerprint density at radius 3 is 2.71 bits per heavy atom. The number of allylic oxidation sites excluding steroid dienone is 5. The van der Waals surface area contributed by atoms with E-state index in [4.69, 9.17) is 0 Å². The van der Waals surface area contributed by atoms with Gasteiger partial charge in [-0.2, -0.15) is 0 Å². The van der Waals surface area contributed by atoms with E-state index in [1.165, 1.54) is 63.4 Å². The van der Waals surface area contributed by atoms with E-state index in [0.29, 0.717) is 5.41 Å². The highest BCUT2D eigenvalue weighted by Crippen LogP contribution is 2.59. The summed E-state index contributed by atoms with van der Waals surface area (Å²) in [7, 11) is 0. The van der Waals surface area contributed by atoms with Crippen LogP contribution in [0.1, 0.15) is 85.5 Å². The van der Waals surface area contributed by atoms with Gasteiger partial charge in [-0.15, -0.1) is 0 Å². The van der Waals surface area contributed by atoms with Crippen LogP contribution in [0.2, 0.25) is 0 Å². The first-order valence-electron chi connectivity index (χ1n) is 10.6. The molecule has 3 aliphatic carbocycles. The molecule has 0 aromatic rings. The maximum Gasteiger partial charge on any atom is -0.00882 e. The molecule has 0 N–H and O–H groups in total. The second kappa shape index (κ2) is 7.22. The Hall–Kier alpha value is -0.780. The summed E-state index contributed by atoms with van der Waals surface area (Å²) in [6, 6.07) is 0. The smallest absolute Gasteiger partial charge is 0.00882 e. The lowest BCUT2D eigenvalue weighted by atomic mass is 9.49. The number of unbranched alkanes of at least 4 members (excludes halogenated alkanes) is 1. The molecular formula is C24H38. The number of hydrogen-bond acceptors (Lipinski definition) is 0. The van der Waals surface area contributed by atoms with E-state index in [1.54, 1.807) is 11.1 Å². The van der Waals surface area contributed by atoms with E-state index < -0.39 is 0 Å². The number of hydrogen-bond donors (Lipinski definition) is 0. The fraction of sp³-hybridized carbons (Fsp3) is 0.750. The molecule has 5 unspecified atom stereocenters. The minimum Gasteiger partial charge on any atom is -0.0958 e. The molecule has 0 heterocycles. The van der Waals surface area contributed by atoms with Crippen LogP contribution in [0.15, 0.2) is 35.5 Å². The molecule has 0 aromatic heterocycles. The summed E-state index contributed by atoms with van der Waals surface area (Å²) in [6.45, 7) is 14.0. The number of rotatable bonds is 4. The molecule has 24 heavy (non-hydrogen) atoms. The van der Waals surface area contributed by atoms with Crippen molar-refractivity contribution in [2.24, 2.45) is 29.1 Å². The molecule has 2 saturated carbocycles. The van der Waals surface area contributed by atoms with Gasteiger partial charge in [0.1, 0.15) is 0 Å². The molecule has 2 fully saturated rings. The highest BCUT2D eigenvalue weighted by Gasteiger charge is 2.50. The summed E-state index contributed by atoms with van der Waals surface area (Å²) >= 11 is 0. The van der Waals surface area contributed by atoms with Gasteiger partial charge in [0.25, 0.3) is 0 Å². The third-order valence-electron chi connectivity index (χ3n) is 7.89. The normalized spacial score (nSPS) is 39.9. The van der Waals surface area contributed by atoms with Gasteiger partial charge in [-0.05, 0) is 81.0 Å². The van der Waals surface area contributed by atoms with Crippen LogP contribution in [0.3, 0.4) is 0 Å². The molecule has 0 aliphatic heterocycles. The molecule has 0 amide bonds. The lowest BCUT2D eigenvalue weighted by Gasteiger charge is -2.55. The molecule has 0 heteroatoms. The van der Waals surface area contributed by atoms with Crippen LogP contribution in [0.25, 0.3) is 0 Å². The second-order valence-corrected chi connectivity index (χ2v) is 9.04. The van der Waals surface area contributed by atoms with Gasteiger partial charge in [0.2, 0.25) is 0 Å². The van der Waals surface area contributed by atoms with Gasteiger partial charge < -0.3 is 0 Å². The van der Waals surface area contributed by atoms with Gasteiger partial charge in [-0.25, -0.2) is 0 Å². The largest absolute Gasteiger partial charge is 0.0958 e. The van der Waals surface area contributed by atoms with E-state index >= 15 is 0 Å². The molecule has 0 bridgehead atoms. The Morgan fingerprint density at radius 1 is 1.21 bits per heavy atom. The average molecular weight is 327 g/mol. The zero-order chi connectivity index (χ0) is 17.3.